The monoisotopic (exact) mass is 1070 g/mol. The van der Waals surface area contributed by atoms with Crippen LogP contribution in [0.4, 0.5) is 34.4 Å². The first kappa shape index (κ1) is 47.4. The largest absolute Gasteiger partial charge is 0.455 e. The van der Waals surface area contributed by atoms with E-state index in [-0.39, 0.29) is 5.41 Å². The van der Waals surface area contributed by atoms with Gasteiger partial charge in [-0.3, -0.25) is 9.80 Å². The van der Waals surface area contributed by atoms with Gasteiger partial charge in [0.15, 0.2) is 0 Å². The van der Waals surface area contributed by atoms with Gasteiger partial charge in [-0.05, 0) is 157 Å². The third kappa shape index (κ3) is 6.76. The molecule has 17 rings (SSSR count). The lowest BCUT2D eigenvalue weighted by Gasteiger charge is -2.33. The van der Waals surface area contributed by atoms with Crippen LogP contribution >= 0.6 is 0 Å². The molecular formula is C74H52N6O3. The molecule has 1 spiro atoms. The molecule has 7 heterocycles. The topological polar surface area (TPSA) is 97.5 Å². The highest BCUT2D eigenvalue weighted by Crippen LogP contribution is 2.67. The lowest BCUT2D eigenvalue weighted by atomic mass is 9.70. The highest BCUT2D eigenvalue weighted by Gasteiger charge is 2.54. The second kappa shape index (κ2) is 17.3. The third-order valence-corrected chi connectivity index (χ3v) is 17.6. The molecule has 0 fully saturated rings. The first-order valence-electron chi connectivity index (χ1n) is 28.4. The summed E-state index contributed by atoms with van der Waals surface area (Å²) in [6.45, 7) is 11.1. The van der Waals surface area contributed by atoms with E-state index in [4.69, 9.17) is 23.2 Å². The van der Waals surface area contributed by atoms with Crippen molar-refractivity contribution in [3.63, 3.8) is 0 Å². The minimum Gasteiger partial charge on any atom is -0.455 e. The molecule has 7 aromatic heterocycles. The number of hydrogen-bond donors (Lipinski definition) is 0. The summed E-state index contributed by atoms with van der Waals surface area (Å²) in [5, 5.41) is 8.31. The van der Waals surface area contributed by atoms with Crippen LogP contribution in [0.1, 0.15) is 73.9 Å². The second-order valence-electron chi connectivity index (χ2n) is 23.6. The van der Waals surface area contributed by atoms with E-state index in [9.17, 15) is 0 Å². The molecule has 8 aromatic carbocycles. The van der Waals surface area contributed by atoms with E-state index >= 15 is 0 Å². The van der Waals surface area contributed by atoms with Gasteiger partial charge in [-0.15, -0.1) is 0 Å². The molecule has 2 aliphatic rings. The second-order valence-corrected chi connectivity index (χ2v) is 23.6. The Hall–Kier alpha value is -10.4. The smallest absolute Gasteiger partial charge is 0.227 e. The maximum atomic E-state index is 7.44. The van der Waals surface area contributed by atoms with Crippen LogP contribution in [0.2, 0.25) is 0 Å². The number of nitrogens with zero attached hydrogens (tertiary/aromatic N) is 6. The maximum Gasteiger partial charge on any atom is 0.227 e. The van der Waals surface area contributed by atoms with Crippen molar-refractivity contribution < 1.29 is 13.3 Å². The molecule has 0 radical (unpaired) electrons. The maximum absolute atomic E-state index is 7.44. The number of hydrogen-bond acceptors (Lipinski definition) is 9. The first-order valence-corrected chi connectivity index (χ1v) is 28.4. The van der Waals surface area contributed by atoms with E-state index in [0.29, 0.717) is 17.3 Å². The standard InChI is InChI=1S/C74H52N6O3/c1-42(2)44-23-32-65(77-40-44)79(47-25-28-50-52-18-12-34-75-71(52)82-63(50)37-47)46-27-30-55-59(36-46)74(57-20-10-8-16-54(57)67-49-15-7-6-14-43(49)22-31-58(67)74)60-39-61(69-56-17-9-11-21-62(56)81-70(69)68(55)60)80(66-33-24-45(41-78-66)73(3,4)5)48-26-29-51-53-19-13-35-76-72(53)83-64(51)38-48/h6-42H,1-5H3. The van der Waals surface area contributed by atoms with Gasteiger partial charge < -0.3 is 13.3 Å². The number of anilines is 6. The molecule has 9 heteroatoms. The minimum absolute atomic E-state index is 0.122. The molecule has 396 valence electrons. The van der Waals surface area contributed by atoms with E-state index in [1.807, 2.05) is 24.5 Å². The summed E-state index contributed by atoms with van der Waals surface area (Å²) < 4.78 is 20.5. The van der Waals surface area contributed by atoms with Crippen molar-refractivity contribution in [2.45, 2.75) is 51.4 Å². The zero-order valence-corrected chi connectivity index (χ0v) is 46.3. The molecule has 2 aliphatic carbocycles. The molecule has 0 amide bonds. The Morgan fingerprint density at radius 2 is 1.06 bits per heavy atom. The summed E-state index contributed by atoms with van der Waals surface area (Å²) in [4.78, 5) is 24.4. The highest BCUT2D eigenvalue weighted by atomic mass is 16.3. The number of para-hydroxylation sites is 1. The summed E-state index contributed by atoms with van der Waals surface area (Å²) in [5.74, 6) is 1.85. The summed E-state index contributed by atoms with van der Waals surface area (Å²) in [6, 6.07) is 70.1. The fourth-order valence-corrected chi connectivity index (χ4v) is 13.7. The van der Waals surface area contributed by atoms with E-state index in [0.717, 1.165) is 122 Å². The van der Waals surface area contributed by atoms with E-state index < -0.39 is 5.41 Å². The Bertz CT molecular complexity index is 5200. The van der Waals surface area contributed by atoms with Crippen LogP contribution in [-0.2, 0) is 10.8 Å². The average Bonchev–Trinajstić information content (AvgIpc) is 1.63. The van der Waals surface area contributed by atoms with Crippen LogP contribution in [0.5, 0.6) is 0 Å². The van der Waals surface area contributed by atoms with Gasteiger partial charge in [-0.2, -0.15) is 0 Å². The number of aromatic nitrogens is 4. The molecule has 1 unspecified atom stereocenters. The Kier molecular flexibility index (Phi) is 9.90. The summed E-state index contributed by atoms with van der Waals surface area (Å²) in [6.07, 6.45) is 7.59. The first-order chi connectivity index (χ1) is 40.6. The van der Waals surface area contributed by atoms with Crippen LogP contribution in [0.15, 0.2) is 232 Å². The Morgan fingerprint density at radius 3 is 1.77 bits per heavy atom. The number of benzene rings is 8. The predicted octanol–water partition coefficient (Wildman–Crippen LogP) is 19.8. The molecule has 9 nitrogen and oxygen atoms in total. The Morgan fingerprint density at radius 1 is 0.434 bits per heavy atom. The molecule has 15 aromatic rings. The van der Waals surface area contributed by atoms with Crippen molar-refractivity contribution in [1.29, 1.82) is 0 Å². The molecule has 0 bridgehead atoms. The quantitative estimate of drug-likeness (QED) is 0.155. The van der Waals surface area contributed by atoms with Gasteiger partial charge in [-0.25, -0.2) is 19.9 Å². The van der Waals surface area contributed by atoms with Crippen LogP contribution in [0, 0.1) is 0 Å². The van der Waals surface area contributed by atoms with Crippen molar-refractivity contribution in [3.05, 3.63) is 252 Å². The van der Waals surface area contributed by atoms with Gasteiger partial charge in [-0.1, -0.05) is 132 Å². The molecule has 0 saturated carbocycles. The van der Waals surface area contributed by atoms with Gasteiger partial charge in [0.1, 0.15) is 34.0 Å². The SMILES string of the molecule is CC(C)c1ccc(N(c2ccc3c(c2)C2(c4ccccc4-c4c2ccc2ccccc42)c2cc(N(c4ccc5c(c4)oc4ncccc45)c4ccc(C(C)(C)C)cn4)c4c(oc5ccccc54)c2-3)c2ccc3c(c2)oc2ncccc23)nc1. The van der Waals surface area contributed by atoms with Crippen LogP contribution < -0.4 is 9.80 Å². The van der Waals surface area contributed by atoms with E-state index in [1.54, 1.807) is 12.4 Å². The number of pyridine rings is 4. The van der Waals surface area contributed by atoms with Crippen LogP contribution in [-0.4, -0.2) is 19.9 Å². The minimum atomic E-state index is -0.864. The van der Waals surface area contributed by atoms with Crippen molar-refractivity contribution in [2.24, 2.45) is 0 Å². The van der Waals surface area contributed by atoms with E-state index in [2.05, 4.69) is 236 Å². The number of rotatable bonds is 7. The van der Waals surface area contributed by atoms with Gasteiger partial charge in [0.25, 0.3) is 0 Å². The van der Waals surface area contributed by atoms with Crippen molar-refractivity contribution >= 4 is 111 Å². The highest BCUT2D eigenvalue weighted by molar-refractivity contribution is 6.20. The lowest BCUT2D eigenvalue weighted by Crippen LogP contribution is -2.26. The predicted molar refractivity (Wildman–Crippen MR) is 335 cm³/mol. The van der Waals surface area contributed by atoms with E-state index in [1.165, 1.54) is 33.0 Å². The summed E-state index contributed by atoms with van der Waals surface area (Å²) in [7, 11) is 0. The number of fused-ring (bicyclic) bond motifs is 22. The fraction of sp³-hybridized carbons (Fsp3) is 0.108. The van der Waals surface area contributed by atoms with Gasteiger partial charge >= 0.3 is 0 Å². The van der Waals surface area contributed by atoms with Gasteiger partial charge in [0.05, 0.1) is 27.9 Å². The van der Waals surface area contributed by atoms with Crippen molar-refractivity contribution in [2.75, 3.05) is 9.80 Å². The van der Waals surface area contributed by atoms with Gasteiger partial charge in [0.2, 0.25) is 11.4 Å². The van der Waals surface area contributed by atoms with Crippen LogP contribution in [0.3, 0.4) is 0 Å². The average molecular weight is 1070 g/mol. The van der Waals surface area contributed by atoms with Gasteiger partial charge in [0, 0.05) is 75.1 Å². The molecule has 83 heavy (non-hydrogen) atoms. The molecule has 0 saturated heterocycles. The van der Waals surface area contributed by atoms with Crippen LogP contribution in [0.25, 0.3) is 99.1 Å². The summed E-state index contributed by atoms with van der Waals surface area (Å²) in [5.41, 5.74) is 18.5. The van der Waals surface area contributed by atoms with Crippen molar-refractivity contribution in [3.8, 4) is 22.3 Å². The summed E-state index contributed by atoms with van der Waals surface area (Å²) >= 11 is 0. The zero-order valence-electron chi connectivity index (χ0n) is 46.3. The molecule has 0 N–H and O–H groups in total. The third-order valence-electron chi connectivity index (χ3n) is 17.6. The Labute approximate surface area is 477 Å². The number of furan rings is 3. The van der Waals surface area contributed by atoms with Crippen molar-refractivity contribution in [1.82, 2.24) is 19.9 Å². The zero-order chi connectivity index (χ0) is 55.5. The molecule has 1 atom stereocenters. The molecule has 0 aliphatic heterocycles. The lowest BCUT2D eigenvalue weighted by molar-refractivity contribution is 0.587. The molecular weight excluding hydrogens is 1020 g/mol. The Balaban J connectivity index is 0.989. The fourth-order valence-electron chi connectivity index (χ4n) is 13.7. The normalized spacial score (nSPS) is 14.5.